The Hall–Kier alpha value is -1.18. The summed E-state index contributed by atoms with van der Waals surface area (Å²) in [6.07, 6.45) is 9.16. The van der Waals surface area contributed by atoms with Crippen molar-refractivity contribution >= 4 is 0 Å². The lowest BCUT2D eigenvalue weighted by molar-refractivity contribution is -0.299. The van der Waals surface area contributed by atoms with Gasteiger partial charge in [0, 0.05) is 24.7 Å². The van der Waals surface area contributed by atoms with Gasteiger partial charge in [-0.2, -0.15) is 0 Å². The van der Waals surface area contributed by atoms with Crippen molar-refractivity contribution in [3.8, 4) is 0 Å². The van der Waals surface area contributed by atoms with E-state index < -0.39 is 54.8 Å². The lowest BCUT2D eigenvalue weighted by Crippen LogP contribution is -2.59. The van der Waals surface area contributed by atoms with Crippen LogP contribution in [-0.2, 0) is 18.9 Å². The molecule has 0 aromatic rings. The average molecular weight is 761 g/mol. The molecule has 10 nitrogen and oxygen atoms in total. The fourth-order valence-electron chi connectivity index (χ4n) is 12.6. The van der Waals surface area contributed by atoms with E-state index in [1.807, 2.05) is 0 Å². The van der Waals surface area contributed by atoms with Gasteiger partial charge in [-0.15, -0.1) is 13.2 Å². The van der Waals surface area contributed by atoms with E-state index in [9.17, 15) is 30.6 Å². The van der Waals surface area contributed by atoms with E-state index in [-0.39, 0.29) is 59.7 Å². The molecule has 0 bridgehead atoms. The second-order valence-corrected chi connectivity index (χ2v) is 19.6. The predicted molar refractivity (Wildman–Crippen MR) is 206 cm³/mol. The average Bonchev–Trinajstić information content (AvgIpc) is 3.42. The monoisotopic (exact) mass is 761 g/mol. The van der Waals surface area contributed by atoms with Crippen LogP contribution < -0.4 is 0 Å². The summed E-state index contributed by atoms with van der Waals surface area (Å²) in [4.78, 5) is 0. The summed E-state index contributed by atoms with van der Waals surface area (Å²) in [6.45, 7) is 21.5. The highest BCUT2D eigenvalue weighted by Gasteiger charge is 2.68. The summed E-state index contributed by atoms with van der Waals surface area (Å²) in [6, 6.07) is 0. The molecule has 0 aromatic heterocycles. The molecule has 1 unspecified atom stereocenters. The molecule has 0 radical (unpaired) electrons. The Morgan fingerprint density at radius 1 is 0.944 bits per heavy atom. The van der Waals surface area contributed by atoms with Gasteiger partial charge in [-0.3, -0.25) is 0 Å². The molecule has 0 aromatic carbocycles. The van der Waals surface area contributed by atoms with Gasteiger partial charge in [-0.25, -0.2) is 0 Å². The highest BCUT2D eigenvalue weighted by atomic mass is 16.7. The van der Waals surface area contributed by atoms with E-state index in [0.29, 0.717) is 30.6 Å². The third kappa shape index (κ3) is 7.48. The first-order valence-corrected chi connectivity index (χ1v) is 20.9. The summed E-state index contributed by atoms with van der Waals surface area (Å²) >= 11 is 0. The third-order valence-electron chi connectivity index (χ3n) is 16.0. The number of hydrogen-bond donors (Lipinski definition) is 6. The molecule has 2 saturated heterocycles. The summed E-state index contributed by atoms with van der Waals surface area (Å²) in [7, 11) is 0. The molecule has 6 N–H and O–H groups in total. The molecule has 16 atom stereocenters. The molecule has 5 fully saturated rings. The van der Waals surface area contributed by atoms with Crippen molar-refractivity contribution in [2.75, 3.05) is 13.2 Å². The van der Waals surface area contributed by atoms with Crippen molar-refractivity contribution in [1.29, 1.82) is 0 Å². The minimum atomic E-state index is -1.22. The van der Waals surface area contributed by atoms with Gasteiger partial charge in [0.1, 0.15) is 12.2 Å². The lowest BCUT2D eigenvalue weighted by atomic mass is 9.38. The van der Waals surface area contributed by atoms with E-state index in [4.69, 9.17) is 18.9 Å². The van der Waals surface area contributed by atoms with E-state index in [1.54, 1.807) is 13.8 Å². The SMILES string of the molecule is C=C[C@H](CC[C@@H](O[C@H]1C[C@@H](O)[C@H](O)[C@@H](CO[C@H]2C[C@@H](O)C[C@@H](CO)O2)O1)C(C)(C)O)[C@H]1CC[C@@]2(C=C)[C@@H]3CC=C4C(CC[C@H](O)C4(C)C)[C@]3(C)CC[C@]12C. The summed E-state index contributed by atoms with van der Waals surface area (Å²) in [5, 5.41) is 63.6. The van der Waals surface area contributed by atoms with E-state index >= 15 is 0 Å². The van der Waals surface area contributed by atoms with Crippen molar-refractivity contribution in [2.24, 2.45) is 45.3 Å². The van der Waals surface area contributed by atoms with E-state index in [2.05, 4.69) is 59.1 Å². The van der Waals surface area contributed by atoms with Crippen LogP contribution in [0, 0.1) is 45.3 Å². The van der Waals surface area contributed by atoms with Gasteiger partial charge >= 0.3 is 0 Å². The van der Waals surface area contributed by atoms with Crippen molar-refractivity contribution < 1.29 is 49.6 Å². The lowest BCUT2D eigenvalue weighted by Gasteiger charge is -2.66. The number of allylic oxidation sites excluding steroid dienone is 3. The molecule has 2 aliphatic heterocycles. The Morgan fingerprint density at radius 3 is 2.35 bits per heavy atom. The van der Waals surface area contributed by atoms with Gasteiger partial charge in [0.2, 0.25) is 0 Å². The van der Waals surface area contributed by atoms with Crippen LogP contribution in [0.5, 0.6) is 0 Å². The number of fused-ring (bicyclic) bond motifs is 5. The standard InChI is InChI=1S/C44H72O10/c1-9-26(29-17-18-44(10-2)34-14-12-30-31(13-15-35(48)40(30,3)4)42(34,7)19-20-43(29,44)8)11-16-36(41(5,6)50)54-38-23-32(47)39(49)33(53-38)25-51-37-22-27(46)21-28(24-45)52-37/h9-10,12,26-29,31-39,45-50H,1-2,11,13-25H2,3-8H3/t26-,27+,28+,29-,31?,32-,33-,34-,35+,36-,37-,38+,39+,42+,43-,44+/m1/s1. The first-order valence-electron chi connectivity index (χ1n) is 20.9. The largest absolute Gasteiger partial charge is 0.394 e. The Labute approximate surface area is 324 Å². The molecular formula is C44H72O10. The minimum absolute atomic E-state index is 0.00985. The van der Waals surface area contributed by atoms with Crippen LogP contribution in [-0.4, -0.2) is 105 Å². The van der Waals surface area contributed by atoms with Crippen LogP contribution >= 0.6 is 0 Å². The Bertz CT molecular complexity index is 1360. The summed E-state index contributed by atoms with van der Waals surface area (Å²) < 4.78 is 24.1. The van der Waals surface area contributed by atoms with Gasteiger partial charge in [-0.1, -0.05) is 51.5 Å². The highest BCUT2D eigenvalue weighted by Crippen LogP contribution is 2.75. The first kappa shape index (κ1) is 42.4. The molecule has 3 saturated carbocycles. The second kappa shape index (κ2) is 15.9. The zero-order chi connectivity index (χ0) is 39.4. The molecule has 0 spiro atoms. The molecule has 308 valence electrons. The Morgan fingerprint density at radius 2 is 1.69 bits per heavy atom. The molecule has 6 rings (SSSR count). The zero-order valence-corrected chi connectivity index (χ0v) is 33.9. The van der Waals surface area contributed by atoms with E-state index in [0.717, 1.165) is 51.4 Å². The van der Waals surface area contributed by atoms with Crippen molar-refractivity contribution in [1.82, 2.24) is 0 Å². The van der Waals surface area contributed by atoms with Crippen molar-refractivity contribution in [3.63, 3.8) is 0 Å². The molecule has 54 heavy (non-hydrogen) atoms. The zero-order valence-electron chi connectivity index (χ0n) is 33.9. The highest BCUT2D eigenvalue weighted by molar-refractivity contribution is 5.32. The maximum Gasteiger partial charge on any atom is 0.161 e. The van der Waals surface area contributed by atoms with Gasteiger partial charge < -0.3 is 49.6 Å². The van der Waals surface area contributed by atoms with Crippen LogP contribution in [0.25, 0.3) is 0 Å². The molecule has 10 heteroatoms. The fraction of sp³-hybridized carbons (Fsp3) is 0.864. The normalized spacial score (nSPS) is 46.0. The molecule has 0 amide bonds. The van der Waals surface area contributed by atoms with E-state index in [1.165, 1.54) is 5.57 Å². The number of aliphatic hydroxyl groups is 6. The van der Waals surface area contributed by atoms with Crippen LogP contribution in [0.2, 0.25) is 0 Å². The number of ether oxygens (including phenoxy) is 4. The number of hydrogen-bond acceptors (Lipinski definition) is 10. The van der Waals surface area contributed by atoms with Gasteiger partial charge in [0.25, 0.3) is 0 Å². The van der Waals surface area contributed by atoms with Crippen molar-refractivity contribution in [3.05, 3.63) is 37.0 Å². The number of rotatable bonds is 13. The predicted octanol–water partition coefficient (Wildman–Crippen LogP) is 5.57. The molecule has 2 heterocycles. The van der Waals surface area contributed by atoms with Gasteiger partial charge in [0.15, 0.2) is 12.6 Å². The topological polar surface area (TPSA) is 158 Å². The number of aliphatic hydroxyl groups excluding tert-OH is 5. The van der Waals surface area contributed by atoms with Gasteiger partial charge in [0.05, 0.1) is 49.3 Å². The fourth-order valence-corrected chi connectivity index (χ4v) is 12.6. The smallest absolute Gasteiger partial charge is 0.161 e. The maximum absolute atomic E-state index is 11.4. The minimum Gasteiger partial charge on any atom is -0.394 e. The molecule has 4 aliphatic carbocycles. The van der Waals surface area contributed by atoms with Gasteiger partial charge in [-0.05, 0) is 112 Å². The maximum atomic E-state index is 11.4. The second-order valence-electron chi connectivity index (χ2n) is 19.6. The Balaban J connectivity index is 1.13. The first-order chi connectivity index (χ1) is 25.3. The quantitative estimate of drug-likeness (QED) is 0.131. The van der Waals surface area contributed by atoms with Crippen LogP contribution in [0.15, 0.2) is 37.0 Å². The summed E-state index contributed by atoms with van der Waals surface area (Å²) in [5.41, 5.74) is 0.242. The third-order valence-corrected chi connectivity index (χ3v) is 16.0. The molecular weight excluding hydrogens is 688 g/mol. The van der Waals surface area contributed by atoms with Crippen LogP contribution in [0.3, 0.4) is 0 Å². The Kier molecular flexibility index (Phi) is 12.5. The van der Waals surface area contributed by atoms with Crippen LogP contribution in [0.1, 0.15) is 119 Å². The van der Waals surface area contributed by atoms with Crippen LogP contribution in [0.4, 0.5) is 0 Å². The van der Waals surface area contributed by atoms with Crippen molar-refractivity contribution in [2.45, 2.75) is 180 Å². The summed E-state index contributed by atoms with van der Waals surface area (Å²) in [5.74, 6) is 1.56. The molecule has 6 aliphatic rings.